The number of nitriles is 1. The normalized spacial score (nSPS) is 11.6. The molecule has 0 saturated heterocycles. The molecule has 1 aromatic carbocycles. The Morgan fingerprint density at radius 3 is 3.00 bits per heavy atom. The van der Waals surface area contributed by atoms with Crippen molar-refractivity contribution in [2.75, 3.05) is 11.9 Å². The molecule has 19 heavy (non-hydrogen) atoms. The van der Waals surface area contributed by atoms with Gasteiger partial charge in [0.25, 0.3) is 0 Å². The van der Waals surface area contributed by atoms with Crippen molar-refractivity contribution < 1.29 is 9.53 Å². The van der Waals surface area contributed by atoms with Crippen molar-refractivity contribution >= 4 is 11.6 Å². The SMILES string of the molecule is CCC(C)OCCCC(=O)Nc1cccc(C#N)c1. The zero-order chi connectivity index (χ0) is 14.1. The first kappa shape index (κ1) is 15.2. The Hall–Kier alpha value is -1.86. The molecule has 0 fully saturated rings. The van der Waals surface area contributed by atoms with E-state index in [4.69, 9.17) is 10.00 Å². The van der Waals surface area contributed by atoms with Crippen molar-refractivity contribution in [2.24, 2.45) is 0 Å². The Morgan fingerprint density at radius 1 is 1.53 bits per heavy atom. The highest BCUT2D eigenvalue weighted by atomic mass is 16.5. The molecule has 0 aliphatic heterocycles. The highest BCUT2D eigenvalue weighted by Gasteiger charge is 2.04. The lowest BCUT2D eigenvalue weighted by Gasteiger charge is -2.10. The summed E-state index contributed by atoms with van der Waals surface area (Å²) in [6, 6.07) is 8.93. The summed E-state index contributed by atoms with van der Waals surface area (Å²) >= 11 is 0. The average molecular weight is 260 g/mol. The minimum atomic E-state index is -0.0529. The van der Waals surface area contributed by atoms with Crippen LogP contribution >= 0.6 is 0 Å². The second-order valence-electron chi connectivity index (χ2n) is 4.43. The summed E-state index contributed by atoms with van der Waals surface area (Å²) in [5, 5.41) is 11.5. The summed E-state index contributed by atoms with van der Waals surface area (Å²) in [6.07, 6.45) is 2.35. The number of rotatable bonds is 7. The van der Waals surface area contributed by atoms with Crippen LogP contribution in [-0.4, -0.2) is 18.6 Å². The Labute approximate surface area is 114 Å². The van der Waals surface area contributed by atoms with Crippen molar-refractivity contribution in [1.82, 2.24) is 0 Å². The quantitative estimate of drug-likeness (QED) is 0.766. The molecule has 0 aliphatic carbocycles. The van der Waals surface area contributed by atoms with Gasteiger partial charge >= 0.3 is 0 Å². The van der Waals surface area contributed by atoms with Crippen molar-refractivity contribution in [2.45, 2.75) is 39.2 Å². The number of carbonyl (C=O) groups is 1. The van der Waals surface area contributed by atoms with Crippen LogP contribution in [0, 0.1) is 11.3 Å². The van der Waals surface area contributed by atoms with Gasteiger partial charge in [0.2, 0.25) is 5.91 Å². The Balaban J connectivity index is 2.29. The smallest absolute Gasteiger partial charge is 0.224 e. The molecular formula is C15H20N2O2. The van der Waals surface area contributed by atoms with E-state index >= 15 is 0 Å². The first-order valence-electron chi connectivity index (χ1n) is 6.57. The summed E-state index contributed by atoms with van der Waals surface area (Å²) in [7, 11) is 0. The number of amides is 1. The molecule has 0 aliphatic rings. The molecule has 102 valence electrons. The third-order valence-corrected chi connectivity index (χ3v) is 2.80. The number of hydrogen-bond donors (Lipinski definition) is 1. The van der Waals surface area contributed by atoms with Gasteiger partial charge < -0.3 is 10.1 Å². The van der Waals surface area contributed by atoms with E-state index in [1.54, 1.807) is 24.3 Å². The van der Waals surface area contributed by atoms with Gasteiger partial charge in [0.05, 0.1) is 17.7 Å². The summed E-state index contributed by atoms with van der Waals surface area (Å²) in [5.74, 6) is -0.0529. The van der Waals surface area contributed by atoms with Crippen LogP contribution in [0.5, 0.6) is 0 Å². The van der Waals surface area contributed by atoms with E-state index in [1.165, 1.54) is 0 Å². The molecule has 1 aromatic rings. The first-order valence-corrected chi connectivity index (χ1v) is 6.57. The average Bonchev–Trinajstić information content (AvgIpc) is 2.43. The molecule has 1 rings (SSSR count). The number of nitrogens with one attached hydrogen (secondary N) is 1. The fourth-order valence-electron chi connectivity index (χ4n) is 1.53. The molecule has 0 bridgehead atoms. The number of benzene rings is 1. The van der Waals surface area contributed by atoms with Crippen LogP contribution in [0.2, 0.25) is 0 Å². The zero-order valence-electron chi connectivity index (χ0n) is 11.5. The molecular weight excluding hydrogens is 240 g/mol. The van der Waals surface area contributed by atoms with Crippen LogP contribution in [0.15, 0.2) is 24.3 Å². The van der Waals surface area contributed by atoms with Gasteiger partial charge in [-0.15, -0.1) is 0 Å². The van der Waals surface area contributed by atoms with E-state index in [0.29, 0.717) is 30.7 Å². The number of hydrogen-bond acceptors (Lipinski definition) is 3. The van der Waals surface area contributed by atoms with Crippen LogP contribution < -0.4 is 5.32 Å². The highest BCUT2D eigenvalue weighted by Crippen LogP contribution is 2.10. The lowest BCUT2D eigenvalue weighted by atomic mass is 10.2. The third-order valence-electron chi connectivity index (χ3n) is 2.80. The minimum absolute atomic E-state index is 0.0529. The third kappa shape index (κ3) is 6.03. The molecule has 0 spiro atoms. The monoisotopic (exact) mass is 260 g/mol. The van der Waals surface area contributed by atoms with Crippen LogP contribution in [0.3, 0.4) is 0 Å². The van der Waals surface area contributed by atoms with E-state index < -0.39 is 0 Å². The summed E-state index contributed by atoms with van der Waals surface area (Å²) in [4.78, 5) is 11.7. The number of anilines is 1. The molecule has 1 unspecified atom stereocenters. The van der Waals surface area contributed by atoms with Gasteiger partial charge in [0, 0.05) is 18.7 Å². The molecule has 1 amide bonds. The standard InChI is InChI=1S/C15H20N2O2/c1-3-12(2)19-9-5-8-15(18)17-14-7-4-6-13(10-14)11-16/h4,6-7,10,12H,3,5,8-9H2,1-2H3,(H,17,18). The maximum Gasteiger partial charge on any atom is 0.224 e. The molecule has 1 N–H and O–H groups in total. The van der Waals surface area contributed by atoms with E-state index in [-0.39, 0.29) is 12.0 Å². The lowest BCUT2D eigenvalue weighted by molar-refractivity contribution is -0.116. The Kier molecular flexibility index (Phi) is 6.62. The first-order chi connectivity index (χ1) is 9.15. The van der Waals surface area contributed by atoms with Gasteiger partial charge in [-0.05, 0) is 38.0 Å². The maximum atomic E-state index is 11.7. The summed E-state index contributed by atoms with van der Waals surface area (Å²) in [6.45, 7) is 4.69. The Bertz CT molecular complexity index is 452. The largest absolute Gasteiger partial charge is 0.379 e. The van der Waals surface area contributed by atoms with Gasteiger partial charge in [-0.3, -0.25) is 4.79 Å². The van der Waals surface area contributed by atoms with E-state index in [1.807, 2.05) is 13.0 Å². The molecule has 0 aromatic heterocycles. The molecule has 1 atom stereocenters. The molecule has 0 heterocycles. The van der Waals surface area contributed by atoms with Crippen molar-refractivity contribution in [3.8, 4) is 6.07 Å². The van der Waals surface area contributed by atoms with E-state index in [9.17, 15) is 4.79 Å². The second kappa shape index (κ2) is 8.28. The highest BCUT2D eigenvalue weighted by molar-refractivity contribution is 5.90. The van der Waals surface area contributed by atoms with Crippen LogP contribution in [0.4, 0.5) is 5.69 Å². The van der Waals surface area contributed by atoms with Gasteiger partial charge in [0.15, 0.2) is 0 Å². The summed E-state index contributed by atoms with van der Waals surface area (Å²) < 4.78 is 5.51. The van der Waals surface area contributed by atoms with Crippen molar-refractivity contribution in [1.29, 1.82) is 5.26 Å². The second-order valence-corrected chi connectivity index (χ2v) is 4.43. The van der Waals surface area contributed by atoms with Crippen molar-refractivity contribution in [3.05, 3.63) is 29.8 Å². The topological polar surface area (TPSA) is 62.1 Å². The summed E-state index contributed by atoms with van der Waals surface area (Å²) in [5.41, 5.74) is 1.20. The van der Waals surface area contributed by atoms with Crippen LogP contribution in [-0.2, 0) is 9.53 Å². The predicted octanol–water partition coefficient (Wildman–Crippen LogP) is 3.09. The van der Waals surface area contributed by atoms with Gasteiger partial charge in [-0.25, -0.2) is 0 Å². The minimum Gasteiger partial charge on any atom is -0.379 e. The number of ether oxygens (including phenoxy) is 1. The van der Waals surface area contributed by atoms with E-state index in [0.717, 1.165) is 6.42 Å². The molecule has 4 heteroatoms. The fraction of sp³-hybridized carbons (Fsp3) is 0.467. The van der Waals surface area contributed by atoms with Crippen molar-refractivity contribution in [3.63, 3.8) is 0 Å². The molecule has 4 nitrogen and oxygen atoms in total. The Morgan fingerprint density at radius 2 is 2.32 bits per heavy atom. The molecule has 0 saturated carbocycles. The number of nitrogens with zero attached hydrogens (tertiary/aromatic N) is 1. The predicted molar refractivity (Wildman–Crippen MR) is 74.7 cm³/mol. The van der Waals surface area contributed by atoms with Gasteiger partial charge in [0.1, 0.15) is 0 Å². The number of carbonyl (C=O) groups excluding carboxylic acids is 1. The van der Waals surface area contributed by atoms with E-state index in [2.05, 4.69) is 12.2 Å². The van der Waals surface area contributed by atoms with Gasteiger partial charge in [-0.2, -0.15) is 5.26 Å². The lowest BCUT2D eigenvalue weighted by Crippen LogP contribution is -2.14. The van der Waals surface area contributed by atoms with Gasteiger partial charge in [-0.1, -0.05) is 13.0 Å². The zero-order valence-corrected chi connectivity index (χ0v) is 11.5. The van der Waals surface area contributed by atoms with Crippen LogP contribution in [0.1, 0.15) is 38.7 Å². The fourth-order valence-corrected chi connectivity index (χ4v) is 1.53. The maximum absolute atomic E-state index is 11.7. The van der Waals surface area contributed by atoms with Crippen LogP contribution in [0.25, 0.3) is 0 Å². The molecule has 0 radical (unpaired) electrons.